The number of carbonyl (C=O) groups is 1. The normalized spacial score (nSPS) is 18.8. The number of thiazole rings is 1. The molecule has 2 aliphatic rings. The van der Waals surface area contributed by atoms with E-state index in [4.69, 9.17) is 14.5 Å². The van der Waals surface area contributed by atoms with Crippen LogP contribution in [0.3, 0.4) is 0 Å². The van der Waals surface area contributed by atoms with Crippen molar-refractivity contribution in [2.24, 2.45) is 5.92 Å². The highest BCUT2D eigenvalue weighted by Crippen LogP contribution is 2.47. The Morgan fingerprint density at radius 2 is 2.14 bits per heavy atom. The van der Waals surface area contributed by atoms with Crippen molar-refractivity contribution in [2.45, 2.75) is 26.2 Å². The Morgan fingerprint density at radius 3 is 2.96 bits per heavy atom. The first-order valence-corrected chi connectivity index (χ1v) is 11.1. The van der Waals surface area contributed by atoms with Gasteiger partial charge >= 0.3 is 0 Å². The molecule has 5 nitrogen and oxygen atoms in total. The minimum absolute atomic E-state index is 0.223. The highest BCUT2D eigenvalue weighted by Gasteiger charge is 2.28. The number of nitrogens with one attached hydrogen (secondary N) is 1. The first-order chi connectivity index (χ1) is 13.7. The number of thiophene rings is 1. The maximum absolute atomic E-state index is 12.7. The van der Waals surface area contributed by atoms with Gasteiger partial charge in [-0.05, 0) is 42.9 Å². The van der Waals surface area contributed by atoms with E-state index in [2.05, 4.69) is 18.3 Å². The van der Waals surface area contributed by atoms with Crippen LogP contribution in [0.4, 0.5) is 5.00 Å². The molecule has 0 bridgehead atoms. The number of hydrogen-bond acceptors (Lipinski definition) is 6. The molecule has 28 heavy (non-hydrogen) atoms. The molecule has 0 saturated carbocycles. The zero-order valence-electron chi connectivity index (χ0n) is 15.5. The van der Waals surface area contributed by atoms with Crippen LogP contribution in [-0.4, -0.2) is 24.1 Å². The van der Waals surface area contributed by atoms with Gasteiger partial charge in [0.2, 0.25) is 5.76 Å². The molecule has 1 N–H and O–H groups in total. The van der Waals surface area contributed by atoms with Crippen molar-refractivity contribution in [1.82, 2.24) is 4.98 Å². The molecule has 0 fully saturated rings. The lowest BCUT2D eigenvalue weighted by atomic mass is 9.88. The number of nitrogens with zero attached hydrogens (tertiary/aromatic N) is 1. The molecule has 2 aromatic heterocycles. The monoisotopic (exact) mass is 412 g/mol. The van der Waals surface area contributed by atoms with Gasteiger partial charge < -0.3 is 14.8 Å². The van der Waals surface area contributed by atoms with Gasteiger partial charge in [0, 0.05) is 10.4 Å². The van der Waals surface area contributed by atoms with E-state index in [1.54, 1.807) is 22.7 Å². The summed E-state index contributed by atoms with van der Waals surface area (Å²) in [6.07, 6.45) is 4.63. The molecule has 1 aliphatic heterocycles. The Labute approximate surface area is 171 Å². The highest BCUT2D eigenvalue weighted by atomic mass is 32.1. The Hall–Kier alpha value is -2.38. The Morgan fingerprint density at radius 1 is 1.25 bits per heavy atom. The first-order valence-electron chi connectivity index (χ1n) is 9.45. The molecule has 1 atom stereocenters. The standard InChI is InChI=1S/C21H20N2O3S2/c1-12-6-7-13-17(10-12)28-21(23-19(24)15-11-25-8-9-26-15)18(13)20-22-14-4-2-3-5-16(14)27-20/h2-5,11-12H,6-10H2,1H3,(H,23,24). The number of anilines is 1. The van der Waals surface area contributed by atoms with Crippen LogP contribution in [0, 0.1) is 5.92 Å². The molecule has 3 heterocycles. The third-order valence-electron chi connectivity index (χ3n) is 5.12. The fourth-order valence-electron chi connectivity index (χ4n) is 3.70. The van der Waals surface area contributed by atoms with Crippen molar-refractivity contribution in [3.8, 4) is 10.6 Å². The summed E-state index contributed by atoms with van der Waals surface area (Å²) in [7, 11) is 0. The molecule has 0 radical (unpaired) electrons. The number of para-hydroxylation sites is 1. The van der Waals surface area contributed by atoms with Gasteiger partial charge in [0.05, 0.1) is 10.2 Å². The minimum atomic E-state index is -0.270. The molecule has 1 aromatic carbocycles. The van der Waals surface area contributed by atoms with Crippen LogP contribution >= 0.6 is 22.7 Å². The van der Waals surface area contributed by atoms with Crippen molar-refractivity contribution in [3.63, 3.8) is 0 Å². The first kappa shape index (κ1) is 17.7. The summed E-state index contributed by atoms with van der Waals surface area (Å²) in [5.41, 5.74) is 3.42. The SMILES string of the molecule is CC1CCc2c(sc(NC(=O)C3=COCCO3)c2-c2nc3ccccc3s2)C1. The van der Waals surface area contributed by atoms with Gasteiger partial charge in [0.1, 0.15) is 29.5 Å². The second kappa shape index (κ2) is 7.22. The number of hydrogen-bond donors (Lipinski definition) is 1. The molecule has 1 amide bonds. The van der Waals surface area contributed by atoms with Gasteiger partial charge in [0.25, 0.3) is 5.91 Å². The summed E-state index contributed by atoms with van der Waals surface area (Å²) in [5, 5.41) is 4.90. The molecule has 1 unspecified atom stereocenters. The van der Waals surface area contributed by atoms with Crippen molar-refractivity contribution in [3.05, 3.63) is 46.7 Å². The fourth-order valence-corrected chi connectivity index (χ4v) is 6.21. The third-order valence-corrected chi connectivity index (χ3v) is 7.34. The van der Waals surface area contributed by atoms with Crippen LogP contribution < -0.4 is 5.32 Å². The lowest BCUT2D eigenvalue weighted by Gasteiger charge is -2.18. The van der Waals surface area contributed by atoms with Crippen LogP contribution in [0.5, 0.6) is 0 Å². The van der Waals surface area contributed by atoms with Crippen molar-refractivity contribution < 1.29 is 14.3 Å². The number of fused-ring (bicyclic) bond motifs is 2. The predicted molar refractivity (Wildman–Crippen MR) is 113 cm³/mol. The second-order valence-electron chi connectivity index (χ2n) is 7.20. The van der Waals surface area contributed by atoms with Crippen LogP contribution in [0.1, 0.15) is 23.8 Å². The van der Waals surface area contributed by atoms with Crippen molar-refractivity contribution in [2.75, 3.05) is 18.5 Å². The average molecular weight is 413 g/mol. The summed E-state index contributed by atoms with van der Waals surface area (Å²) in [6, 6.07) is 8.16. The summed E-state index contributed by atoms with van der Waals surface area (Å²) in [6.45, 7) is 3.15. The minimum Gasteiger partial charge on any atom is -0.494 e. The lowest BCUT2D eigenvalue weighted by Crippen LogP contribution is -2.21. The van der Waals surface area contributed by atoms with Gasteiger partial charge in [-0.25, -0.2) is 4.98 Å². The Balaban J connectivity index is 1.58. The molecule has 0 spiro atoms. The van der Waals surface area contributed by atoms with Crippen LogP contribution in [0.15, 0.2) is 36.3 Å². The number of amides is 1. The van der Waals surface area contributed by atoms with E-state index in [9.17, 15) is 4.79 Å². The quantitative estimate of drug-likeness (QED) is 0.659. The Kier molecular flexibility index (Phi) is 4.56. The van der Waals surface area contributed by atoms with E-state index in [1.165, 1.54) is 16.7 Å². The van der Waals surface area contributed by atoms with Gasteiger partial charge in [0.15, 0.2) is 0 Å². The summed E-state index contributed by atoms with van der Waals surface area (Å²) in [5.74, 6) is 0.616. The third kappa shape index (κ3) is 3.18. The molecule has 0 saturated heterocycles. The number of aromatic nitrogens is 1. The van der Waals surface area contributed by atoms with Crippen LogP contribution in [-0.2, 0) is 27.1 Å². The summed E-state index contributed by atoms with van der Waals surface area (Å²) >= 11 is 3.35. The van der Waals surface area contributed by atoms with E-state index in [0.717, 1.165) is 45.1 Å². The molecule has 5 rings (SSSR count). The van der Waals surface area contributed by atoms with Gasteiger partial charge in [-0.1, -0.05) is 19.1 Å². The van der Waals surface area contributed by atoms with Gasteiger partial charge in [-0.3, -0.25) is 4.79 Å². The lowest BCUT2D eigenvalue weighted by molar-refractivity contribution is -0.117. The second-order valence-corrected chi connectivity index (χ2v) is 9.33. The Bertz CT molecular complexity index is 1050. The number of carbonyl (C=O) groups excluding carboxylic acids is 1. The number of rotatable bonds is 3. The molecule has 7 heteroatoms. The largest absolute Gasteiger partial charge is 0.494 e. The maximum Gasteiger partial charge on any atom is 0.294 e. The number of ether oxygens (including phenoxy) is 2. The topological polar surface area (TPSA) is 60.5 Å². The van der Waals surface area contributed by atoms with E-state index in [1.807, 2.05) is 18.2 Å². The van der Waals surface area contributed by atoms with E-state index >= 15 is 0 Å². The van der Waals surface area contributed by atoms with Gasteiger partial charge in [-0.15, -0.1) is 22.7 Å². The van der Waals surface area contributed by atoms with E-state index in [0.29, 0.717) is 19.1 Å². The highest BCUT2D eigenvalue weighted by molar-refractivity contribution is 7.23. The number of benzene rings is 1. The molecule has 144 valence electrons. The molecular weight excluding hydrogens is 392 g/mol. The van der Waals surface area contributed by atoms with Gasteiger partial charge in [-0.2, -0.15) is 0 Å². The predicted octanol–water partition coefficient (Wildman–Crippen LogP) is 4.98. The van der Waals surface area contributed by atoms with Crippen molar-refractivity contribution in [1.29, 1.82) is 0 Å². The fraction of sp³-hybridized carbons (Fsp3) is 0.333. The van der Waals surface area contributed by atoms with Crippen LogP contribution in [0.2, 0.25) is 0 Å². The van der Waals surface area contributed by atoms with Crippen LogP contribution in [0.25, 0.3) is 20.8 Å². The molecule has 1 aliphatic carbocycles. The maximum atomic E-state index is 12.7. The van der Waals surface area contributed by atoms with E-state index < -0.39 is 0 Å². The van der Waals surface area contributed by atoms with Crippen molar-refractivity contribution >= 4 is 43.8 Å². The average Bonchev–Trinajstić information content (AvgIpc) is 3.28. The molecular formula is C21H20N2O3S2. The summed E-state index contributed by atoms with van der Waals surface area (Å²) in [4.78, 5) is 18.9. The zero-order valence-corrected chi connectivity index (χ0v) is 17.1. The molecule has 3 aromatic rings. The van der Waals surface area contributed by atoms with E-state index in [-0.39, 0.29) is 11.7 Å². The zero-order chi connectivity index (χ0) is 19.1. The smallest absolute Gasteiger partial charge is 0.294 e. The summed E-state index contributed by atoms with van der Waals surface area (Å²) < 4.78 is 11.8.